The molecule has 0 unspecified atom stereocenters. The summed E-state index contributed by atoms with van der Waals surface area (Å²) in [6.45, 7) is 0. The van der Waals surface area contributed by atoms with Crippen molar-refractivity contribution in [3.63, 3.8) is 0 Å². The standard InChI is InChI=1S/C10H10N4O2S/c1-14-8-7(9(15)13-10(14)16)11-6(12-8)4-2-3-5-17/h17H,3,5H2,1H3,(H,11,12)(H,13,15,16). The van der Waals surface area contributed by atoms with Gasteiger partial charge in [-0.2, -0.15) is 12.6 Å². The van der Waals surface area contributed by atoms with Crippen molar-refractivity contribution < 1.29 is 0 Å². The van der Waals surface area contributed by atoms with Crippen LogP contribution in [0, 0.1) is 11.8 Å². The van der Waals surface area contributed by atoms with Crippen molar-refractivity contribution in [1.29, 1.82) is 0 Å². The number of hydrogen-bond donors (Lipinski definition) is 3. The molecule has 0 saturated carbocycles. The van der Waals surface area contributed by atoms with Gasteiger partial charge in [0.05, 0.1) is 0 Å². The number of imidazole rings is 1. The summed E-state index contributed by atoms with van der Waals surface area (Å²) in [5.41, 5.74) is -0.432. The fourth-order valence-electron chi connectivity index (χ4n) is 1.37. The first-order valence-electron chi connectivity index (χ1n) is 4.92. The van der Waals surface area contributed by atoms with E-state index in [4.69, 9.17) is 0 Å². The molecule has 0 aliphatic carbocycles. The van der Waals surface area contributed by atoms with E-state index in [2.05, 4.69) is 39.4 Å². The van der Waals surface area contributed by atoms with Crippen molar-refractivity contribution in [2.24, 2.45) is 7.05 Å². The van der Waals surface area contributed by atoms with E-state index in [1.165, 1.54) is 11.6 Å². The third kappa shape index (κ3) is 2.12. The SMILES string of the molecule is Cn1c(=O)[nH]c(=O)c2[nH]c(C#CCCS)nc21. The van der Waals surface area contributed by atoms with Crippen LogP contribution in [0.25, 0.3) is 11.2 Å². The molecule has 0 saturated heterocycles. The second-order valence-corrected chi connectivity index (χ2v) is 3.82. The molecular weight excluding hydrogens is 240 g/mol. The Morgan fingerprint density at radius 2 is 2.18 bits per heavy atom. The molecule has 0 bridgehead atoms. The molecule has 17 heavy (non-hydrogen) atoms. The second kappa shape index (κ2) is 4.51. The lowest BCUT2D eigenvalue weighted by Crippen LogP contribution is -2.28. The zero-order chi connectivity index (χ0) is 12.4. The van der Waals surface area contributed by atoms with Crippen LogP contribution in [-0.4, -0.2) is 25.3 Å². The van der Waals surface area contributed by atoms with Crippen LogP contribution in [0.3, 0.4) is 0 Å². The van der Waals surface area contributed by atoms with Crippen LogP contribution in [-0.2, 0) is 7.05 Å². The van der Waals surface area contributed by atoms with Gasteiger partial charge in [-0.3, -0.25) is 14.3 Å². The van der Waals surface area contributed by atoms with Crippen molar-refractivity contribution in [2.45, 2.75) is 6.42 Å². The van der Waals surface area contributed by atoms with Crippen molar-refractivity contribution >= 4 is 23.8 Å². The number of aryl methyl sites for hydroxylation is 1. The van der Waals surface area contributed by atoms with E-state index < -0.39 is 11.2 Å². The Bertz CT molecular complexity index is 729. The van der Waals surface area contributed by atoms with Gasteiger partial charge in [-0.1, -0.05) is 5.92 Å². The number of thiol groups is 1. The van der Waals surface area contributed by atoms with E-state index in [0.29, 0.717) is 23.6 Å². The van der Waals surface area contributed by atoms with Crippen LogP contribution >= 0.6 is 12.6 Å². The highest BCUT2D eigenvalue weighted by Crippen LogP contribution is 2.02. The molecule has 2 N–H and O–H groups in total. The molecule has 2 aromatic heterocycles. The molecule has 0 radical (unpaired) electrons. The fourth-order valence-corrected chi connectivity index (χ4v) is 1.48. The Kier molecular flexibility index (Phi) is 3.06. The summed E-state index contributed by atoms with van der Waals surface area (Å²) in [5, 5.41) is 0. The van der Waals surface area contributed by atoms with E-state index in [1.807, 2.05) is 0 Å². The maximum atomic E-state index is 11.5. The molecule has 0 aliphatic rings. The molecule has 88 valence electrons. The van der Waals surface area contributed by atoms with E-state index in [1.54, 1.807) is 0 Å². The predicted molar refractivity (Wildman–Crippen MR) is 67.3 cm³/mol. The first-order valence-corrected chi connectivity index (χ1v) is 5.55. The molecule has 0 aromatic carbocycles. The summed E-state index contributed by atoms with van der Waals surface area (Å²) < 4.78 is 1.26. The average Bonchev–Trinajstić information content (AvgIpc) is 2.71. The number of aromatic nitrogens is 4. The lowest BCUT2D eigenvalue weighted by molar-refractivity contribution is 0.832. The van der Waals surface area contributed by atoms with Gasteiger partial charge >= 0.3 is 5.69 Å². The molecule has 0 fully saturated rings. The normalized spacial score (nSPS) is 10.2. The third-order valence-corrected chi connectivity index (χ3v) is 2.42. The van der Waals surface area contributed by atoms with Crippen LogP contribution in [0.15, 0.2) is 9.59 Å². The van der Waals surface area contributed by atoms with E-state index in [-0.39, 0.29) is 5.52 Å². The zero-order valence-electron chi connectivity index (χ0n) is 9.07. The van der Waals surface area contributed by atoms with Crippen molar-refractivity contribution in [3.8, 4) is 11.8 Å². The minimum Gasteiger partial charge on any atom is -0.325 e. The first kappa shape index (κ1) is 11.5. The number of fused-ring (bicyclic) bond motifs is 1. The van der Waals surface area contributed by atoms with Gasteiger partial charge in [0.2, 0.25) is 0 Å². The number of nitrogens with zero attached hydrogens (tertiary/aromatic N) is 2. The molecule has 2 heterocycles. The van der Waals surface area contributed by atoms with Crippen molar-refractivity contribution in [2.75, 3.05) is 5.75 Å². The Hall–Kier alpha value is -1.94. The Morgan fingerprint density at radius 3 is 2.88 bits per heavy atom. The number of rotatable bonds is 1. The molecule has 0 aliphatic heterocycles. The van der Waals surface area contributed by atoms with Crippen LogP contribution in [0.5, 0.6) is 0 Å². The Morgan fingerprint density at radius 1 is 1.41 bits per heavy atom. The highest BCUT2D eigenvalue weighted by atomic mass is 32.1. The van der Waals surface area contributed by atoms with E-state index in [0.717, 1.165) is 0 Å². The zero-order valence-corrected chi connectivity index (χ0v) is 9.97. The molecule has 2 aromatic rings. The quantitative estimate of drug-likeness (QED) is 0.476. The summed E-state index contributed by atoms with van der Waals surface area (Å²) >= 11 is 4.03. The van der Waals surface area contributed by atoms with Gasteiger partial charge in [-0.05, 0) is 5.92 Å². The van der Waals surface area contributed by atoms with Gasteiger partial charge in [-0.25, -0.2) is 9.78 Å². The van der Waals surface area contributed by atoms with Crippen LogP contribution in [0.2, 0.25) is 0 Å². The molecule has 0 spiro atoms. The highest BCUT2D eigenvalue weighted by Gasteiger charge is 2.08. The molecule has 0 amide bonds. The molecule has 2 rings (SSSR count). The molecule has 7 heteroatoms. The monoisotopic (exact) mass is 250 g/mol. The largest absolute Gasteiger partial charge is 0.329 e. The fraction of sp³-hybridized carbons (Fsp3) is 0.300. The lowest BCUT2D eigenvalue weighted by atomic mass is 10.4. The summed E-state index contributed by atoms with van der Waals surface area (Å²) in [7, 11) is 1.53. The first-order chi connectivity index (χ1) is 8.13. The number of aromatic amines is 2. The number of nitrogens with one attached hydrogen (secondary N) is 2. The van der Waals surface area contributed by atoms with Gasteiger partial charge < -0.3 is 4.98 Å². The minimum atomic E-state index is -0.496. The predicted octanol–water partition coefficient (Wildman–Crippen LogP) is -0.379. The summed E-state index contributed by atoms with van der Waals surface area (Å²) in [4.78, 5) is 31.9. The third-order valence-electron chi connectivity index (χ3n) is 2.20. The van der Waals surface area contributed by atoms with Gasteiger partial charge in [0, 0.05) is 19.2 Å². The summed E-state index contributed by atoms with van der Waals surface area (Å²) in [5.74, 6) is 6.65. The smallest absolute Gasteiger partial charge is 0.325 e. The topological polar surface area (TPSA) is 83.5 Å². The van der Waals surface area contributed by atoms with Gasteiger partial charge in [0.1, 0.15) is 0 Å². The van der Waals surface area contributed by atoms with Gasteiger partial charge in [0.15, 0.2) is 17.0 Å². The van der Waals surface area contributed by atoms with Crippen molar-refractivity contribution in [3.05, 3.63) is 26.7 Å². The molecule has 0 atom stereocenters. The summed E-state index contributed by atoms with van der Waals surface area (Å²) in [6.07, 6.45) is 0.634. The lowest BCUT2D eigenvalue weighted by Gasteiger charge is -1.94. The average molecular weight is 250 g/mol. The second-order valence-electron chi connectivity index (χ2n) is 3.38. The summed E-state index contributed by atoms with van der Waals surface area (Å²) in [6, 6.07) is 0. The Labute approximate surface area is 101 Å². The maximum absolute atomic E-state index is 11.5. The highest BCUT2D eigenvalue weighted by molar-refractivity contribution is 7.80. The van der Waals surface area contributed by atoms with Gasteiger partial charge in [-0.15, -0.1) is 0 Å². The van der Waals surface area contributed by atoms with Crippen LogP contribution < -0.4 is 11.2 Å². The number of H-pyrrole nitrogens is 2. The van der Waals surface area contributed by atoms with Crippen molar-refractivity contribution in [1.82, 2.24) is 19.5 Å². The maximum Gasteiger partial charge on any atom is 0.329 e. The van der Waals surface area contributed by atoms with E-state index in [9.17, 15) is 9.59 Å². The number of hydrogen-bond acceptors (Lipinski definition) is 4. The van der Waals surface area contributed by atoms with Crippen LogP contribution in [0.1, 0.15) is 12.2 Å². The van der Waals surface area contributed by atoms with E-state index >= 15 is 0 Å². The Balaban J connectivity index is 2.63. The van der Waals surface area contributed by atoms with Gasteiger partial charge in [0.25, 0.3) is 5.56 Å². The molecule has 6 nitrogen and oxygen atoms in total. The molecular formula is C10H10N4O2S. The minimum absolute atomic E-state index is 0.252. The van der Waals surface area contributed by atoms with Crippen LogP contribution in [0.4, 0.5) is 0 Å².